The first kappa shape index (κ1) is 21.1. The molecule has 1 aromatic rings. The van der Waals surface area contributed by atoms with Crippen molar-refractivity contribution < 1.29 is 14.3 Å². The van der Waals surface area contributed by atoms with E-state index in [-0.39, 0.29) is 11.9 Å². The number of ether oxygens (including phenoxy) is 2. The molecule has 2 fully saturated rings. The minimum Gasteiger partial charge on any atom is -0.466 e. The van der Waals surface area contributed by atoms with Gasteiger partial charge in [0, 0.05) is 44.6 Å². The summed E-state index contributed by atoms with van der Waals surface area (Å²) in [6, 6.07) is 4.64. The molecular formula is C20H32N4O3S. The first-order valence-corrected chi connectivity index (χ1v) is 11.1. The van der Waals surface area contributed by atoms with Crippen LogP contribution < -0.4 is 5.32 Å². The lowest BCUT2D eigenvalue weighted by Crippen LogP contribution is -2.49. The van der Waals surface area contributed by atoms with Crippen LogP contribution in [0.15, 0.2) is 22.5 Å². The molecule has 0 amide bonds. The lowest BCUT2D eigenvalue weighted by atomic mass is 9.97. The Morgan fingerprint density at radius 3 is 2.71 bits per heavy atom. The first-order valence-electron chi connectivity index (χ1n) is 10.2. The highest BCUT2D eigenvalue weighted by molar-refractivity contribution is 7.10. The maximum Gasteiger partial charge on any atom is 0.309 e. The number of rotatable bonds is 6. The standard InChI is InChI=1S/C20H32N4O3S/c1-3-27-19(25)16-6-8-24(9-7-16)20(21-2)22-15-17(18-5-4-14-28-18)23-10-12-26-13-11-23/h4-5,14,16-17H,3,6-13,15H2,1-2H3,(H,21,22). The van der Waals surface area contributed by atoms with E-state index >= 15 is 0 Å². The number of thiophene rings is 1. The van der Waals surface area contributed by atoms with Crippen molar-refractivity contribution in [1.82, 2.24) is 15.1 Å². The van der Waals surface area contributed by atoms with Crippen LogP contribution in [0.25, 0.3) is 0 Å². The third-order valence-corrected chi connectivity index (χ3v) is 6.41. The van der Waals surface area contributed by atoms with Crippen LogP contribution in [0.3, 0.4) is 0 Å². The molecule has 1 atom stereocenters. The average Bonchev–Trinajstić information content (AvgIpc) is 3.27. The Kier molecular flexibility index (Phi) is 8.12. The Morgan fingerprint density at radius 1 is 1.36 bits per heavy atom. The third kappa shape index (κ3) is 5.46. The molecule has 0 aliphatic carbocycles. The van der Waals surface area contributed by atoms with Gasteiger partial charge in [-0.15, -0.1) is 11.3 Å². The van der Waals surface area contributed by atoms with Gasteiger partial charge in [0.05, 0.1) is 31.8 Å². The number of carbonyl (C=O) groups is 1. The van der Waals surface area contributed by atoms with Crippen molar-refractivity contribution in [2.45, 2.75) is 25.8 Å². The van der Waals surface area contributed by atoms with Gasteiger partial charge in [0.1, 0.15) is 0 Å². The molecule has 1 aromatic heterocycles. The van der Waals surface area contributed by atoms with Gasteiger partial charge in [-0.05, 0) is 31.2 Å². The maximum atomic E-state index is 12.0. The number of hydrogen-bond acceptors (Lipinski definition) is 6. The zero-order valence-electron chi connectivity index (χ0n) is 16.9. The normalized spacial score (nSPS) is 20.8. The molecule has 0 radical (unpaired) electrons. The van der Waals surface area contributed by atoms with Crippen molar-refractivity contribution in [3.8, 4) is 0 Å². The van der Waals surface area contributed by atoms with Crippen molar-refractivity contribution in [2.75, 3.05) is 59.6 Å². The van der Waals surface area contributed by atoms with Gasteiger partial charge in [-0.2, -0.15) is 0 Å². The van der Waals surface area contributed by atoms with Crippen LogP contribution in [0.1, 0.15) is 30.7 Å². The van der Waals surface area contributed by atoms with Crippen LogP contribution in [-0.4, -0.2) is 81.3 Å². The second-order valence-corrected chi connectivity index (χ2v) is 8.10. The van der Waals surface area contributed by atoms with Gasteiger partial charge in [-0.3, -0.25) is 14.7 Å². The third-order valence-electron chi connectivity index (χ3n) is 5.44. The molecule has 2 aliphatic rings. The van der Waals surface area contributed by atoms with E-state index in [2.05, 4.69) is 37.6 Å². The lowest BCUT2D eigenvalue weighted by Gasteiger charge is -2.36. The number of nitrogens with zero attached hydrogens (tertiary/aromatic N) is 3. The largest absolute Gasteiger partial charge is 0.466 e. The van der Waals surface area contributed by atoms with E-state index in [4.69, 9.17) is 9.47 Å². The van der Waals surface area contributed by atoms with Gasteiger partial charge in [-0.25, -0.2) is 0 Å². The van der Waals surface area contributed by atoms with Crippen molar-refractivity contribution in [1.29, 1.82) is 0 Å². The van der Waals surface area contributed by atoms with Crippen LogP contribution in [0, 0.1) is 5.92 Å². The van der Waals surface area contributed by atoms with Crippen LogP contribution in [0.2, 0.25) is 0 Å². The highest BCUT2D eigenvalue weighted by Gasteiger charge is 2.28. The zero-order chi connectivity index (χ0) is 19.8. The summed E-state index contributed by atoms with van der Waals surface area (Å²) >= 11 is 1.80. The number of guanidine groups is 1. The SMILES string of the molecule is CCOC(=O)C1CCN(C(=NC)NCC(c2cccs2)N2CCOCC2)CC1. The fourth-order valence-electron chi connectivity index (χ4n) is 3.89. The molecule has 1 unspecified atom stereocenters. The quantitative estimate of drug-likeness (QED) is 0.441. The Bertz CT molecular complexity index is 623. The van der Waals surface area contributed by atoms with Crippen molar-refractivity contribution >= 4 is 23.3 Å². The minimum absolute atomic E-state index is 0.0153. The molecule has 1 N–H and O–H groups in total. The fourth-order valence-corrected chi connectivity index (χ4v) is 4.75. The Morgan fingerprint density at radius 2 is 2.11 bits per heavy atom. The Labute approximate surface area is 171 Å². The van der Waals surface area contributed by atoms with Gasteiger partial charge in [0.25, 0.3) is 0 Å². The van der Waals surface area contributed by atoms with E-state index in [1.54, 1.807) is 11.3 Å². The molecule has 2 saturated heterocycles. The van der Waals surface area contributed by atoms with E-state index in [0.29, 0.717) is 12.6 Å². The van der Waals surface area contributed by atoms with E-state index in [1.165, 1.54) is 4.88 Å². The van der Waals surface area contributed by atoms with E-state index in [0.717, 1.165) is 64.7 Å². The number of aliphatic imine (C=N–C) groups is 1. The second-order valence-electron chi connectivity index (χ2n) is 7.12. The topological polar surface area (TPSA) is 66.4 Å². The zero-order valence-corrected chi connectivity index (χ0v) is 17.7. The van der Waals surface area contributed by atoms with Gasteiger partial charge in [0.2, 0.25) is 0 Å². The average molecular weight is 409 g/mol. The maximum absolute atomic E-state index is 12.0. The van der Waals surface area contributed by atoms with Gasteiger partial charge >= 0.3 is 5.97 Å². The lowest BCUT2D eigenvalue weighted by molar-refractivity contribution is -0.149. The van der Waals surface area contributed by atoms with Gasteiger partial charge in [-0.1, -0.05) is 6.07 Å². The van der Waals surface area contributed by atoms with E-state index in [1.807, 2.05) is 14.0 Å². The van der Waals surface area contributed by atoms with Crippen molar-refractivity contribution in [2.24, 2.45) is 10.9 Å². The summed E-state index contributed by atoms with van der Waals surface area (Å²) in [5.41, 5.74) is 0. The summed E-state index contributed by atoms with van der Waals surface area (Å²) in [5, 5.41) is 5.71. The summed E-state index contributed by atoms with van der Waals surface area (Å²) in [4.78, 5) is 22.6. The van der Waals surface area contributed by atoms with E-state index in [9.17, 15) is 4.79 Å². The molecule has 7 nitrogen and oxygen atoms in total. The van der Waals surface area contributed by atoms with Crippen LogP contribution >= 0.6 is 11.3 Å². The second kappa shape index (κ2) is 10.8. The number of hydrogen-bond donors (Lipinski definition) is 1. The summed E-state index contributed by atoms with van der Waals surface area (Å²) in [6.45, 7) is 8.25. The highest BCUT2D eigenvalue weighted by atomic mass is 32.1. The molecule has 0 spiro atoms. The number of morpholine rings is 1. The van der Waals surface area contributed by atoms with Crippen molar-refractivity contribution in [3.05, 3.63) is 22.4 Å². The van der Waals surface area contributed by atoms with E-state index < -0.39 is 0 Å². The summed E-state index contributed by atoms with van der Waals surface area (Å²) in [5.74, 6) is 0.869. The first-order chi connectivity index (χ1) is 13.7. The molecule has 8 heteroatoms. The van der Waals surface area contributed by atoms with Crippen LogP contribution in [0.4, 0.5) is 0 Å². The van der Waals surface area contributed by atoms with Crippen LogP contribution in [-0.2, 0) is 14.3 Å². The smallest absolute Gasteiger partial charge is 0.309 e. The van der Waals surface area contributed by atoms with Crippen LogP contribution in [0.5, 0.6) is 0 Å². The van der Waals surface area contributed by atoms with Gasteiger partial charge in [0.15, 0.2) is 5.96 Å². The monoisotopic (exact) mass is 408 g/mol. The molecule has 0 saturated carbocycles. The highest BCUT2D eigenvalue weighted by Crippen LogP contribution is 2.26. The predicted octanol–water partition coefficient (Wildman–Crippen LogP) is 1.97. The Hall–Kier alpha value is -1.64. The molecule has 28 heavy (non-hydrogen) atoms. The molecule has 156 valence electrons. The Balaban J connectivity index is 1.55. The number of likely N-dealkylation sites (tertiary alicyclic amines) is 1. The molecule has 0 aromatic carbocycles. The molecule has 0 bridgehead atoms. The number of piperidine rings is 1. The number of esters is 1. The van der Waals surface area contributed by atoms with Crippen molar-refractivity contribution in [3.63, 3.8) is 0 Å². The predicted molar refractivity (Wildman–Crippen MR) is 112 cm³/mol. The summed E-state index contributed by atoms with van der Waals surface area (Å²) in [7, 11) is 1.83. The summed E-state index contributed by atoms with van der Waals surface area (Å²) in [6.07, 6.45) is 1.63. The molecule has 3 rings (SSSR count). The molecule has 3 heterocycles. The minimum atomic E-state index is -0.0600. The molecular weight excluding hydrogens is 376 g/mol. The fraction of sp³-hybridized carbons (Fsp3) is 0.700. The van der Waals surface area contributed by atoms with Gasteiger partial charge < -0.3 is 19.7 Å². The number of nitrogens with one attached hydrogen (secondary N) is 1. The number of carbonyl (C=O) groups excluding carboxylic acids is 1. The summed E-state index contributed by atoms with van der Waals surface area (Å²) < 4.78 is 10.7. The molecule has 2 aliphatic heterocycles.